The lowest BCUT2D eigenvalue weighted by molar-refractivity contribution is 0.0237. The Hall–Kier alpha value is -4.15. The van der Waals surface area contributed by atoms with Gasteiger partial charge in [-0.25, -0.2) is 14.8 Å². The van der Waals surface area contributed by atoms with Crippen LogP contribution in [-0.2, 0) is 13.1 Å². The van der Waals surface area contributed by atoms with Gasteiger partial charge in [0.2, 0.25) is 11.8 Å². The molecule has 0 bridgehead atoms. The average Bonchev–Trinajstić information content (AvgIpc) is 3.83. The van der Waals surface area contributed by atoms with E-state index in [9.17, 15) is 9.90 Å². The molecular weight excluding hydrogens is 707 g/mol. The summed E-state index contributed by atoms with van der Waals surface area (Å²) < 4.78 is 11.2. The van der Waals surface area contributed by atoms with Crippen molar-refractivity contribution >= 4 is 29.2 Å². The number of halogens is 2. The number of urea groups is 1. The van der Waals surface area contributed by atoms with Crippen LogP contribution in [0.4, 0.5) is 4.79 Å². The first-order valence-electron chi connectivity index (χ1n) is 17.2. The van der Waals surface area contributed by atoms with Gasteiger partial charge in [-0.3, -0.25) is 20.6 Å². The number of carbonyl (C=O) groups is 1. The number of methoxy groups -OCH3 is 2. The minimum Gasteiger partial charge on any atom is -0.480 e. The Bertz CT molecular complexity index is 1880. The van der Waals surface area contributed by atoms with Gasteiger partial charge in [0.1, 0.15) is 11.4 Å². The third-order valence-corrected chi connectivity index (χ3v) is 10.4. The van der Waals surface area contributed by atoms with E-state index in [0.29, 0.717) is 111 Å². The van der Waals surface area contributed by atoms with E-state index in [2.05, 4.69) is 20.6 Å². The zero-order valence-corrected chi connectivity index (χ0v) is 30.7. The summed E-state index contributed by atoms with van der Waals surface area (Å²) in [6.07, 6.45) is 4.30. The van der Waals surface area contributed by atoms with Crippen molar-refractivity contribution in [3.63, 3.8) is 0 Å². The fourth-order valence-corrected chi connectivity index (χ4v) is 7.41. The summed E-state index contributed by atoms with van der Waals surface area (Å²) in [4.78, 5) is 33.8. The smallest absolute Gasteiger partial charge is 0.314 e. The second kappa shape index (κ2) is 17.1. The highest BCUT2D eigenvalue weighted by Crippen LogP contribution is 2.42. The maximum Gasteiger partial charge on any atom is 0.314 e. The molecule has 2 aromatic heterocycles. The van der Waals surface area contributed by atoms with E-state index < -0.39 is 6.35 Å². The Labute approximate surface area is 312 Å². The minimum atomic E-state index is -0.925. The number of likely N-dealkylation sites (tertiary alicyclic amines) is 2. The van der Waals surface area contributed by atoms with Crippen LogP contribution >= 0.6 is 23.2 Å². The van der Waals surface area contributed by atoms with Gasteiger partial charge in [0.15, 0.2) is 6.35 Å². The molecule has 0 saturated carbocycles. The Kier molecular flexibility index (Phi) is 12.4. The largest absolute Gasteiger partial charge is 0.480 e. The number of nitrogens with one attached hydrogen (secondary N) is 2. The molecule has 6 rings (SSSR count). The number of hydrogen-bond donors (Lipinski definition) is 5. The van der Waals surface area contributed by atoms with Crippen LogP contribution in [0.25, 0.3) is 33.6 Å². The van der Waals surface area contributed by atoms with Gasteiger partial charge >= 0.3 is 6.03 Å². The molecule has 276 valence electrons. The van der Waals surface area contributed by atoms with Gasteiger partial charge in [0.25, 0.3) is 0 Å². The van der Waals surface area contributed by atoms with Crippen molar-refractivity contribution in [3.05, 3.63) is 70.2 Å². The topological polar surface area (TPSA) is 190 Å². The normalized spacial score (nSPS) is 18.2. The van der Waals surface area contributed by atoms with Crippen LogP contribution in [0.3, 0.4) is 0 Å². The first-order valence-corrected chi connectivity index (χ1v) is 17.9. The monoisotopic (exact) mass is 750 g/mol. The number of aliphatic hydroxyl groups excluding tert-OH is 1. The van der Waals surface area contributed by atoms with Crippen molar-refractivity contribution < 1.29 is 19.4 Å². The standard InChI is InChI=1S/C36H44Cl2N10O4/c1-51-33-29(15-41-13-21-9-11-47(19-21)35(39)49)43-17-27(45-33)25-7-3-5-23(31(25)37)24-6-4-8-26(32(24)38)28-18-44-30(34(46-28)52-2)16-42-14-22-10-12-48(20-22)36(40)50/h3-8,17-18,21-22,35,41-42,49H,9-16,19-20,39H2,1-2H3,(H2,40,50). The average molecular weight is 752 g/mol. The molecule has 0 spiro atoms. The highest BCUT2D eigenvalue weighted by atomic mass is 35.5. The number of benzene rings is 2. The molecule has 2 amide bonds. The van der Waals surface area contributed by atoms with Crippen LogP contribution in [0.5, 0.6) is 11.8 Å². The summed E-state index contributed by atoms with van der Waals surface area (Å²) in [5, 5.41) is 17.4. The molecule has 52 heavy (non-hydrogen) atoms. The van der Waals surface area contributed by atoms with Crippen molar-refractivity contribution in [2.45, 2.75) is 32.3 Å². The van der Waals surface area contributed by atoms with Crippen molar-refractivity contribution in [1.29, 1.82) is 0 Å². The van der Waals surface area contributed by atoms with Gasteiger partial charge in [0, 0.05) is 68.1 Å². The Balaban J connectivity index is 1.16. The minimum absolute atomic E-state index is 0.321. The van der Waals surface area contributed by atoms with Gasteiger partial charge in [-0.05, 0) is 31.2 Å². The number of primary amides is 1. The fraction of sp³-hybridized carbons (Fsp3) is 0.417. The number of aromatic nitrogens is 4. The predicted octanol–water partition coefficient (Wildman–Crippen LogP) is 3.73. The number of nitrogens with two attached hydrogens (primary N) is 2. The van der Waals surface area contributed by atoms with Crippen LogP contribution in [0.2, 0.25) is 10.0 Å². The van der Waals surface area contributed by atoms with E-state index in [-0.39, 0.29) is 6.03 Å². The summed E-state index contributed by atoms with van der Waals surface area (Å²) >= 11 is 14.1. The third-order valence-electron chi connectivity index (χ3n) is 9.59. The van der Waals surface area contributed by atoms with Crippen molar-refractivity contribution in [2.24, 2.45) is 23.3 Å². The molecule has 2 aliphatic rings. The second-order valence-electron chi connectivity index (χ2n) is 13.0. The first kappa shape index (κ1) is 37.6. The molecule has 2 aliphatic heterocycles. The summed E-state index contributed by atoms with van der Waals surface area (Å²) in [5.41, 5.74) is 16.2. The molecule has 14 nitrogen and oxygen atoms in total. The molecule has 3 unspecified atom stereocenters. The lowest BCUT2D eigenvalue weighted by Gasteiger charge is -2.19. The number of ether oxygens (including phenoxy) is 2. The number of aliphatic hydroxyl groups is 1. The lowest BCUT2D eigenvalue weighted by Crippen LogP contribution is -2.40. The van der Waals surface area contributed by atoms with Crippen LogP contribution in [0, 0.1) is 11.8 Å². The number of rotatable bonds is 14. The molecule has 2 saturated heterocycles. The van der Waals surface area contributed by atoms with Gasteiger partial charge in [0.05, 0.1) is 48.0 Å². The lowest BCUT2D eigenvalue weighted by atomic mass is 9.98. The van der Waals surface area contributed by atoms with E-state index in [1.165, 1.54) is 0 Å². The first-order chi connectivity index (χ1) is 25.2. The second-order valence-corrected chi connectivity index (χ2v) is 13.8. The van der Waals surface area contributed by atoms with Crippen LogP contribution < -0.4 is 31.6 Å². The van der Waals surface area contributed by atoms with E-state index in [1.807, 2.05) is 41.3 Å². The number of nitrogens with zero attached hydrogens (tertiary/aromatic N) is 6. The van der Waals surface area contributed by atoms with Crippen molar-refractivity contribution in [3.8, 4) is 45.4 Å². The van der Waals surface area contributed by atoms with Crippen LogP contribution in [0.15, 0.2) is 48.8 Å². The zero-order valence-electron chi connectivity index (χ0n) is 29.2. The van der Waals surface area contributed by atoms with Crippen LogP contribution in [-0.4, -0.2) is 101 Å². The Morgan fingerprint density at radius 2 is 1.33 bits per heavy atom. The van der Waals surface area contributed by atoms with E-state index in [0.717, 1.165) is 32.5 Å². The maximum atomic E-state index is 11.5. The summed E-state index contributed by atoms with van der Waals surface area (Å²) in [7, 11) is 3.12. The van der Waals surface area contributed by atoms with E-state index in [1.54, 1.807) is 31.5 Å². The molecule has 2 fully saturated rings. The molecule has 2 aromatic carbocycles. The van der Waals surface area contributed by atoms with Crippen LogP contribution in [0.1, 0.15) is 24.2 Å². The number of amides is 2. The Morgan fingerprint density at radius 1 is 0.846 bits per heavy atom. The molecule has 7 N–H and O–H groups in total. The summed E-state index contributed by atoms with van der Waals surface area (Å²) in [6.45, 7) is 5.21. The molecule has 0 aliphatic carbocycles. The molecule has 0 radical (unpaired) electrons. The molecule has 4 heterocycles. The van der Waals surface area contributed by atoms with Crippen molar-refractivity contribution in [1.82, 2.24) is 40.4 Å². The fourth-order valence-electron chi connectivity index (χ4n) is 6.76. The summed E-state index contributed by atoms with van der Waals surface area (Å²) in [5.74, 6) is 1.49. The zero-order chi connectivity index (χ0) is 36.8. The van der Waals surface area contributed by atoms with Gasteiger partial charge in [-0.2, -0.15) is 0 Å². The Morgan fingerprint density at radius 3 is 1.77 bits per heavy atom. The highest BCUT2D eigenvalue weighted by Gasteiger charge is 2.26. The van der Waals surface area contributed by atoms with Crippen molar-refractivity contribution in [2.75, 3.05) is 53.5 Å². The predicted molar refractivity (Wildman–Crippen MR) is 200 cm³/mol. The molecule has 16 heteroatoms. The van der Waals surface area contributed by atoms with E-state index >= 15 is 0 Å². The SMILES string of the molecule is COc1nc(-c2cccc(-c3cccc(-c4cnc(CNCC5CCN(C(N)O)C5)c(OC)n4)c3Cl)c2Cl)cnc1CNCC1CCN(C(N)=O)C1. The quantitative estimate of drug-likeness (QED) is 0.118. The highest BCUT2D eigenvalue weighted by molar-refractivity contribution is 6.39. The molecule has 3 atom stereocenters. The van der Waals surface area contributed by atoms with Gasteiger partial charge in [-0.15, -0.1) is 0 Å². The number of hydrogen-bond acceptors (Lipinski definition) is 12. The summed E-state index contributed by atoms with van der Waals surface area (Å²) in [6, 6.07) is 11.0. The molecular formula is C36H44Cl2N10O4. The van der Waals surface area contributed by atoms with Gasteiger partial charge in [-0.1, -0.05) is 59.6 Å². The third kappa shape index (κ3) is 8.55. The van der Waals surface area contributed by atoms with E-state index in [4.69, 9.17) is 54.1 Å². The maximum absolute atomic E-state index is 11.5. The van der Waals surface area contributed by atoms with Gasteiger partial charge < -0.3 is 35.8 Å². The molecule has 4 aromatic rings. The number of carbonyl (C=O) groups excluding carboxylic acids is 1.